The van der Waals surface area contributed by atoms with Gasteiger partial charge in [-0.05, 0) is 13.3 Å². The Morgan fingerprint density at radius 1 is 1.20 bits per heavy atom. The summed E-state index contributed by atoms with van der Waals surface area (Å²) in [5.41, 5.74) is -0.632. The Bertz CT molecular complexity index is 498. The summed E-state index contributed by atoms with van der Waals surface area (Å²) in [4.78, 5) is 13.2. The molecule has 0 aromatic carbocycles. The van der Waals surface area contributed by atoms with Gasteiger partial charge in [0.15, 0.2) is 11.8 Å². The van der Waals surface area contributed by atoms with Gasteiger partial charge in [0.1, 0.15) is 24.9 Å². The highest BCUT2D eigenvalue weighted by Crippen LogP contribution is 2.42. The second-order valence-electron chi connectivity index (χ2n) is 4.87. The highest BCUT2D eigenvalue weighted by molar-refractivity contribution is 6.08. The summed E-state index contributed by atoms with van der Waals surface area (Å²) in [6.07, 6.45) is 3.96. The van der Waals surface area contributed by atoms with E-state index in [0.717, 1.165) is 12.3 Å². The molecule has 6 heteroatoms. The van der Waals surface area contributed by atoms with Crippen LogP contribution in [0, 0.1) is 11.3 Å². The number of nitrogens with zero attached hydrogens (tertiary/aromatic N) is 3. The monoisotopic (exact) mass is 276 g/mol. The molecule has 0 saturated carbocycles. The zero-order valence-electron chi connectivity index (χ0n) is 11.8. The number of hydrogen-bond acceptors (Lipinski definition) is 6. The van der Waals surface area contributed by atoms with Crippen molar-refractivity contribution >= 4 is 11.8 Å². The number of ether oxygens (including phenoxy) is 2. The Hall–Kier alpha value is -1.85. The smallest absolute Gasteiger partial charge is 0.202 e. The first kappa shape index (κ1) is 13.1. The summed E-state index contributed by atoms with van der Waals surface area (Å²) in [5.74, 6) is 2.86. The quantitative estimate of drug-likeness (QED) is 0.823. The van der Waals surface area contributed by atoms with Crippen molar-refractivity contribution < 1.29 is 13.9 Å². The SMILES string of the molecule is CC[C](c1ncco1)C(C)(C1=NCCO1)C1=NCCO1. The molecule has 0 atom stereocenters. The Labute approximate surface area is 117 Å². The van der Waals surface area contributed by atoms with Crippen LogP contribution in [0.1, 0.15) is 26.2 Å². The molecule has 0 bridgehead atoms. The lowest BCUT2D eigenvalue weighted by molar-refractivity contribution is 0.273. The molecule has 107 valence electrons. The van der Waals surface area contributed by atoms with Gasteiger partial charge in [0.2, 0.25) is 5.89 Å². The third-order valence-electron chi connectivity index (χ3n) is 3.67. The maximum atomic E-state index is 5.71. The van der Waals surface area contributed by atoms with E-state index < -0.39 is 5.41 Å². The van der Waals surface area contributed by atoms with E-state index in [1.165, 1.54) is 0 Å². The van der Waals surface area contributed by atoms with Crippen molar-refractivity contribution in [1.29, 1.82) is 0 Å². The van der Waals surface area contributed by atoms with E-state index in [4.69, 9.17) is 13.9 Å². The van der Waals surface area contributed by atoms with E-state index in [-0.39, 0.29) is 0 Å². The van der Waals surface area contributed by atoms with Crippen LogP contribution in [0.15, 0.2) is 26.9 Å². The fourth-order valence-electron chi connectivity index (χ4n) is 2.72. The van der Waals surface area contributed by atoms with Crippen LogP contribution < -0.4 is 0 Å². The van der Waals surface area contributed by atoms with Gasteiger partial charge in [-0.25, -0.2) is 4.98 Å². The average molecular weight is 276 g/mol. The molecule has 2 aliphatic rings. The predicted molar refractivity (Wildman–Crippen MR) is 73.8 cm³/mol. The summed E-state index contributed by atoms with van der Waals surface area (Å²) in [6.45, 7) is 6.61. The molecular formula is C14H18N3O3. The van der Waals surface area contributed by atoms with E-state index in [0.29, 0.717) is 44.0 Å². The molecule has 0 unspecified atom stereocenters. The number of aromatic nitrogens is 1. The van der Waals surface area contributed by atoms with Crippen LogP contribution in [-0.4, -0.2) is 43.1 Å². The molecule has 3 rings (SSSR count). The Kier molecular flexibility index (Phi) is 3.46. The van der Waals surface area contributed by atoms with Crippen LogP contribution in [0.5, 0.6) is 0 Å². The van der Waals surface area contributed by atoms with E-state index in [2.05, 4.69) is 21.9 Å². The maximum Gasteiger partial charge on any atom is 0.202 e. The number of hydrogen-bond donors (Lipinski definition) is 0. The Morgan fingerprint density at radius 2 is 1.85 bits per heavy atom. The molecule has 1 aromatic heterocycles. The van der Waals surface area contributed by atoms with E-state index in [9.17, 15) is 0 Å². The molecule has 0 saturated heterocycles. The van der Waals surface area contributed by atoms with Gasteiger partial charge in [0.05, 0.1) is 25.2 Å². The van der Waals surface area contributed by atoms with Crippen molar-refractivity contribution in [1.82, 2.24) is 4.98 Å². The van der Waals surface area contributed by atoms with E-state index in [1.807, 2.05) is 6.92 Å². The minimum atomic E-state index is -0.632. The average Bonchev–Trinajstić information content (AvgIpc) is 3.21. The zero-order valence-corrected chi connectivity index (χ0v) is 11.8. The van der Waals surface area contributed by atoms with Crippen molar-refractivity contribution in [2.24, 2.45) is 15.4 Å². The minimum absolute atomic E-state index is 0.589. The fraction of sp³-hybridized carbons (Fsp3) is 0.571. The highest BCUT2D eigenvalue weighted by Gasteiger charge is 2.51. The third kappa shape index (κ3) is 1.99. The molecule has 0 amide bonds. The van der Waals surface area contributed by atoms with Crippen LogP contribution in [-0.2, 0) is 9.47 Å². The lowest BCUT2D eigenvalue weighted by atomic mass is 9.74. The van der Waals surface area contributed by atoms with Gasteiger partial charge in [-0.2, -0.15) is 0 Å². The van der Waals surface area contributed by atoms with E-state index in [1.54, 1.807) is 12.5 Å². The first-order valence-electron chi connectivity index (χ1n) is 6.88. The van der Waals surface area contributed by atoms with Crippen LogP contribution >= 0.6 is 0 Å². The summed E-state index contributed by atoms with van der Waals surface area (Å²) < 4.78 is 16.9. The molecule has 0 fully saturated rings. The summed E-state index contributed by atoms with van der Waals surface area (Å²) >= 11 is 0. The van der Waals surface area contributed by atoms with Crippen molar-refractivity contribution in [3.05, 3.63) is 24.3 Å². The van der Waals surface area contributed by atoms with Crippen LogP contribution in [0.2, 0.25) is 0 Å². The van der Waals surface area contributed by atoms with Gasteiger partial charge >= 0.3 is 0 Å². The molecule has 1 radical (unpaired) electrons. The zero-order chi connectivity index (χ0) is 14.0. The summed E-state index contributed by atoms with van der Waals surface area (Å²) in [7, 11) is 0. The van der Waals surface area contributed by atoms with E-state index >= 15 is 0 Å². The van der Waals surface area contributed by atoms with Crippen molar-refractivity contribution in [2.45, 2.75) is 20.3 Å². The van der Waals surface area contributed by atoms with Crippen LogP contribution in [0.4, 0.5) is 0 Å². The summed E-state index contributed by atoms with van der Waals surface area (Å²) in [6, 6.07) is 0. The topological polar surface area (TPSA) is 69.2 Å². The van der Waals surface area contributed by atoms with Gasteiger partial charge in [0.25, 0.3) is 0 Å². The molecule has 2 aliphatic heterocycles. The Morgan fingerprint density at radius 3 is 2.25 bits per heavy atom. The lowest BCUT2D eigenvalue weighted by Crippen LogP contribution is -2.43. The molecule has 0 N–H and O–H groups in total. The first-order chi connectivity index (χ1) is 9.76. The Balaban J connectivity index is 2.04. The van der Waals surface area contributed by atoms with Gasteiger partial charge in [-0.3, -0.25) is 9.98 Å². The van der Waals surface area contributed by atoms with Gasteiger partial charge in [-0.1, -0.05) is 6.92 Å². The number of rotatable bonds is 5. The van der Waals surface area contributed by atoms with Crippen molar-refractivity contribution in [2.75, 3.05) is 26.3 Å². The lowest BCUT2D eigenvalue weighted by Gasteiger charge is -2.33. The molecule has 6 nitrogen and oxygen atoms in total. The van der Waals surface area contributed by atoms with Crippen LogP contribution in [0.25, 0.3) is 0 Å². The minimum Gasteiger partial charge on any atom is -0.478 e. The molecule has 3 heterocycles. The largest absolute Gasteiger partial charge is 0.478 e. The molecule has 1 aromatic rings. The number of aliphatic imine (C=N–C) groups is 2. The third-order valence-corrected chi connectivity index (χ3v) is 3.67. The molecule has 20 heavy (non-hydrogen) atoms. The second-order valence-corrected chi connectivity index (χ2v) is 4.87. The maximum absolute atomic E-state index is 5.71. The number of oxazole rings is 1. The fourth-order valence-corrected chi connectivity index (χ4v) is 2.72. The predicted octanol–water partition coefficient (Wildman–Crippen LogP) is 1.87. The highest BCUT2D eigenvalue weighted by atomic mass is 16.5. The molecular weight excluding hydrogens is 258 g/mol. The summed E-state index contributed by atoms with van der Waals surface area (Å²) in [5, 5.41) is 0. The molecule has 0 aliphatic carbocycles. The van der Waals surface area contributed by atoms with Crippen molar-refractivity contribution in [3.63, 3.8) is 0 Å². The standard InChI is InChI=1S/C14H18N3O3/c1-3-10(11-15-4-7-18-11)14(2,12-16-5-8-19-12)13-17-6-9-20-13/h4,7H,3,5-6,8-9H2,1-2H3. The second kappa shape index (κ2) is 5.26. The van der Waals surface area contributed by atoms with Crippen molar-refractivity contribution in [3.8, 4) is 0 Å². The first-order valence-corrected chi connectivity index (χ1v) is 6.88. The normalized spacial score (nSPS) is 18.8. The van der Waals surface area contributed by atoms with Gasteiger partial charge in [0, 0.05) is 0 Å². The molecule has 0 spiro atoms. The van der Waals surface area contributed by atoms with Gasteiger partial charge < -0.3 is 13.9 Å². The van der Waals surface area contributed by atoms with Gasteiger partial charge in [-0.15, -0.1) is 0 Å². The van der Waals surface area contributed by atoms with Crippen LogP contribution in [0.3, 0.4) is 0 Å².